The Hall–Kier alpha value is -1.55. The Labute approximate surface area is 128 Å². The van der Waals surface area contributed by atoms with E-state index in [1.165, 1.54) is 0 Å². The zero-order valence-electron chi connectivity index (χ0n) is 13.6. The van der Waals surface area contributed by atoms with Crippen LogP contribution in [0.5, 0.6) is 5.75 Å². The molecule has 1 rings (SSSR count). The number of hydrogen-bond acceptors (Lipinski definition) is 3. The van der Waals surface area contributed by atoms with Crippen molar-refractivity contribution in [1.82, 2.24) is 0 Å². The third kappa shape index (κ3) is 6.63. The Balaban J connectivity index is 2.65. The smallest absolute Gasteiger partial charge is 0.224 e. The minimum absolute atomic E-state index is 0.00842. The first kappa shape index (κ1) is 17.5. The Morgan fingerprint density at radius 3 is 2.48 bits per heavy atom. The quantitative estimate of drug-likeness (QED) is 0.771. The molecular formula is C17H28N2O2. The lowest BCUT2D eigenvalue weighted by Crippen LogP contribution is -2.23. The lowest BCUT2D eigenvalue weighted by atomic mass is 9.94. The summed E-state index contributed by atoms with van der Waals surface area (Å²) in [7, 11) is 0. The molecule has 0 aliphatic heterocycles. The SMILES string of the molecule is CC(C)C[C@H](CN)CC(=O)Nc1ccccc1OC(C)C. The van der Waals surface area contributed by atoms with Gasteiger partial charge in [0, 0.05) is 6.42 Å². The number of carbonyl (C=O) groups is 1. The summed E-state index contributed by atoms with van der Waals surface area (Å²) < 4.78 is 5.70. The maximum Gasteiger partial charge on any atom is 0.224 e. The van der Waals surface area contributed by atoms with E-state index in [4.69, 9.17) is 10.5 Å². The third-order valence-corrected chi connectivity index (χ3v) is 3.14. The highest BCUT2D eigenvalue weighted by Gasteiger charge is 2.15. The zero-order valence-corrected chi connectivity index (χ0v) is 13.6. The standard InChI is InChI=1S/C17H28N2O2/c1-12(2)9-14(11-18)10-17(20)19-15-7-5-6-8-16(15)21-13(3)4/h5-8,12-14H,9-11,18H2,1-4H3,(H,19,20)/t14-/m0/s1. The molecule has 4 heteroatoms. The molecule has 118 valence electrons. The highest BCUT2D eigenvalue weighted by molar-refractivity contribution is 5.92. The van der Waals surface area contributed by atoms with Crippen molar-refractivity contribution in [3.63, 3.8) is 0 Å². The van der Waals surface area contributed by atoms with E-state index in [1.807, 2.05) is 38.1 Å². The van der Waals surface area contributed by atoms with Crippen LogP contribution in [-0.2, 0) is 4.79 Å². The Morgan fingerprint density at radius 2 is 1.90 bits per heavy atom. The van der Waals surface area contributed by atoms with Crippen LogP contribution in [0.2, 0.25) is 0 Å². The normalized spacial score (nSPS) is 12.5. The summed E-state index contributed by atoms with van der Waals surface area (Å²) >= 11 is 0. The largest absolute Gasteiger partial charge is 0.489 e. The van der Waals surface area contributed by atoms with Gasteiger partial charge in [-0.1, -0.05) is 26.0 Å². The fourth-order valence-corrected chi connectivity index (χ4v) is 2.32. The molecule has 1 aromatic carbocycles. The number of carbonyl (C=O) groups excluding carboxylic acids is 1. The molecule has 0 aromatic heterocycles. The van der Waals surface area contributed by atoms with Crippen LogP contribution >= 0.6 is 0 Å². The van der Waals surface area contributed by atoms with Crippen LogP contribution in [0.25, 0.3) is 0 Å². The number of rotatable bonds is 8. The van der Waals surface area contributed by atoms with Crippen LogP contribution in [0.4, 0.5) is 5.69 Å². The molecular weight excluding hydrogens is 264 g/mol. The predicted molar refractivity (Wildman–Crippen MR) is 87.5 cm³/mol. The first-order valence-corrected chi connectivity index (χ1v) is 7.68. The number of nitrogens with one attached hydrogen (secondary N) is 1. The van der Waals surface area contributed by atoms with Crippen LogP contribution in [0, 0.1) is 11.8 Å². The van der Waals surface area contributed by atoms with Crippen LogP contribution in [0.3, 0.4) is 0 Å². The molecule has 0 radical (unpaired) electrons. The first-order chi connectivity index (χ1) is 9.92. The van der Waals surface area contributed by atoms with Crippen molar-refractivity contribution in [2.75, 3.05) is 11.9 Å². The molecule has 0 unspecified atom stereocenters. The van der Waals surface area contributed by atoms with Gasteiger partial charge in [-0.3, -0.25) is 4.79 Å². The molecule has 1 amide bonds. The second-order valence-electron chi connectivity index (χ2n) is 6.15. The Kier molecular flexibility index (Phi) is 7.23. The molecule has 4 nitrogen and oxygen atoms in total. The van der Waals surface area contributed by atoms with Crippen molar-refractivity contribution < 1.29 is 9.53 Å². The highest BCUT2D eigenvalue weighted by Crippen LogP contribution is 2.25. The number of benzene rings is 1. The topological polar surface area (TPSA) is 64.4 Å². The van der Waals surface area contributed by atoms with Crippen LogP contribution in [0.1, 0.15) is 40.5 Å². The van der Waals surface area contributed by atoms with E-state index in [0.29, 0.717) is 24.6 Å². The lowest BCUT2D eigenvalue weighted by Gasteiger charge is -2.18. The molecule has 1 atom stereocenters. The van der Waals surface area contributed by atoms with Crippen molar-refractivity contribution in [3.8, 4) is 5.75 Å². The van der Waals surface area contributed by atoms with Crippen molar-refractivity contribution in [2.45, 2.75) is 46.6 Å². The van der Waals surface area contributed by atoms with Gasteiger partial charge in [-0.2, -0.15) is 0 Å². The molecule has 3 N–H and O–H groups in total. The van der Waals surface area contributed by atoms with Crippen molar-refractivity contribution in [2.24, 2.45) is 17.6 Å². The fraction of sp³-hybridized carbons (Fsp3) is 0.588. The maximum absolute atomic E-state index is 12.2. The summed E-state index contributed by atoms with van der Waals surface area (Å²) in [6.07, 6.45) is 1.49. The van der Waals surface area contributed by atoms with E-state index in [2.05, 4.69) is 19.2 Å². The summed E-state index contributed by atoms with van der Waals surface area (Å²) in [4.78, 5) is 12.2. The van der Waals surface area contributed by atoms with E-state index < -0.39 is 0 Å². The summed E-state index contributed by atoms with van der Waals surface area (Å²) in [5, 5.41) is 2.93. The maximum atomic E-state index is 12.2. The van der Waals surface area contributed by atoms with Gasteiger partial charge in [0.2, 0.25) is 5.91 Å². The molecule has 0 heterocycles. The molecule has 1 aromatic rings. The van der Waals surface area contributed by atoms with Crippen LogP contribution in [-0.4, -0.2) is 18.6 Å². The summed E-state index contributed by atoms with van der Waals surface area (Å²) in [5.74, 6) is 1.46. The molecule has 0 spiro atoms. The lowest BCUT2D eigenvalue weighted by molar-refractivity contribution is -0.117. The molecule has 0 aliphatic carbocycles. The van der Waals surface area contributed by atoms with E-state index in [1.54, 1.807) is 0 Å². The second-order valence-corrected chi connectivity index (χ2v) is 6.15. The average Bonchev–Trinajstić information content (AvgIpc) is 2.39. The number of hydrogen-bond donors (Lipinski definition) is 2. The van der Waals surface area contributed by atoms with Gasteiger partial charge in [0.05, 0.1) is 11.8 Å². The van der Waals surface area contributed by atoms with Crippen molar-refractivity contribution >= 4 is 11.6 Å². The Morgan fingerprint density at radius 1 is 1.24 bits per heavy atom. The first-order valence-electron chi connectivity index (χ1n) is 7.68. The predicted octanol–water partition coefficient (Wildman–Crippen LogP) is 3.42. The van der Waals surface area contributed by atoms with Gasteiger partial charge in [-0.25, -0.2) is 0 Å². The molecule has 0 saturated carbocycles. The molecule has 0 saturated heterocycles. The van der Waals surface area contributed by atoms with Crippen molar-refractivity contribution in [3.05, 3.63) is 24.3 Å². The molecule has 0 aliphatic rings. The van der Waals surface area contributed by atoms with Gasteiger partial charge in [0.25, 0.3) is 0 Å². The number of nitrogens with two attached hydrogens (primary N) is 1. The van der Waals surface area contributed by atoms with Crippen molar-refractivity contribution in [1.29, 1.82) is 0 Å². The molecule has 0 fully saturated rings. The minimum atomic E-state index is -0.00842. The van der Waals surface area contributed by atoms with E-state index >= 15 is 0 Å². The summed E-state index contributed by atoms with van der Waals surface area (Å²) in [6, 6.07) is 7.51. The minimum Gasteiger partial charge on any atom is -0.489 e. The molecule has 21 heavy (non-hydrogen) atoms. The number of amides is 1. The van der Waals surface area contributed by atoms with Gasteiger partial charge >= 0.3 is 0 Å². The number of para-hydroxylation sites is 2. The summed E-state index contributed by atoms with van der Waals surface area (Å²) in [5.41, 5.74) is 6.47. The van der Waals surface area contributed by atoms with Crippen LogP contribution < -0.4 is 15.8 Å². The van der Waals surface area contributed by atoms with Gasteiger partial charge in [-0.15, -0.1) is 0 Å². The number of ether oxygens (including phenoxy) is 1. The van der Waals surface area contributed by atoms with Gasteiger partial charge in [-0.05, 0) is 50.8 Å². The monoisotopic (exact) mass is 292 g/mol. The van der Waals surface area contributed by atoms with E-state index in [9.17, 15) is 4.79 Å². The second kappa shape index (κ2) is 8.67. The van der Waals surface area contributed by atoms with Gasteiger partial charge in [0.15, 0.2) is 0 Å². The fourth-order valence-electron chi connectivity index (χ4n) is 2.32. The van der Waals surface area contributed by atoms with Gasteiger partial charge in [0.1, 0.15) is 5.75 Å². The number of anilines is 1. The van der Waals surface area contributed by atoms with Gasteiger partial charge < -0.3 is 15.8 Å². The zero-order chi connectivity index (χ0) is 15.8. The molecule has 0 bridgehead atoms. The third-order valence-electron chi connectivity index (χ3n) is 3.14. The average molecular weight is 292 g/mol. The van der Waals surface area contributed by atoms with E-state index in [0.717, 1.165) is 12.1 Å². The van der Waals surface area contributed by atoms with Crippen LogP contribution in [0.15, 0.2) is 24.3 Å². The summed E-state index contributed by atoms with van der Waals surface area (Å²) in [6.45, 7) is 8.76. The van der Waals surface area contributed by atoms with E-state index in [-0.39, 0.29) is 17.9 Å². The Bertz CT molecular complexity index is 444. The highest BCUT2D eigenvalue weighted by atomic mass is 16.5.